The molecule has 0 aliphatic heterocycles. The van der Waals surface area contributed by atoms with Gasteiger partial charge in [-0.25, -0.2) is 0 Å². The highest BCUT2D eigenvalue weighted by Gasteiger charge is 1.41. The van der Waals surface area contributed by atoms with Gasteiger partial charge in [-0.2, -0.15) is 0 Å². The second-order valence-electron chi connectivity index (χ2n) is 0.0714. The molecule has 0 aliphatic carbocycles. The molecule has 0 N–H and O–H groups in total. The van der Waals surface area contributed by atoms with E-state index < -0.39 is 0 Å². The maximum absolute atomic E-state index is 4.79. The standard InChI is InChI=1S/Cl2HP.3FH/c1-3-2;;;/h3H;3*1H. The number of rotatable bonds is 0. The predicted octanol–water partition coefficient (Wildman–Crippen LogP) is 2.43. The molecule has 0 amide bonds. The molecule has 0 saturated heterocycles. The largest absolute Gasteiger partial charge is 0.269 e. The van der Waals surface area contributed by atoms with Crippen molar-refractivity contribution in [2.45, 2.75) is 0 Å². The van der Waals surface area contributed by atoms with Gasteiger partial charge in [0.05, 0.1) is 7.29 Å². The lowest BCUT2D eigenvalue weighted by atomic mass is 19.0. The summed E-state index contributed by atoms with van der Waals surface area (Å²) in [5.41, 5.74) is 0. The summed E-state index contributed by atoms with van der Waals surface area (Å²) in [6, 6.07) is 0. The van der Waals surface area contributed by atoms with E-state index >= 15 is 0 Å². The van der Waals surface area contributed by atoms with Gasteiger partial charge in [-0.3, -0.25) is 14.1 Å². The molecular weight excluding hydrogens is 159 g/mol. The maximum atomic E-state index is 4.79. The minimum absolute atomic E-state index is 0. The van der Waals surface area contributed by atoms with E-state index in [1.807, 2.05) is 0 Å². The molecule has 0 nitrogen and oxygen atoms in total. The Labute approximate surface area is 44.7 Å². The van der Waals surface area contributed by atoms with Gasteiger partial charge in [0.2, 0.25) is 0 Å². The van der Waals surface area contributed by atoms with Crippen LogP contribution in [-0.4, -0.2) is 0 Å². The predicted molar refractivity (Wildman–Crippen MR) is 27.5 cm³/mol. The third-order valence-corrected chi connectivity index (χ3v) is 0. The summed E-state index contributed by atoms with van der Waals surface area (Å²) < 4.78 is 0. The third-order valence-electron chi connectivity index (χ3n) is 0. The van der Waals surface area contributed by atoms with E-state index in [9.17, 15) is 0 Å². The fraction of sp³-hybridized carbons (Fsp3) is 0. The quantitative estimate of drug-likeness (QED) is 0.481. The molecule has 0 aliphatic rings. The zero-order valence-electron chi connectivity index (χ0n) is 2.48. The third kappa shape index (κ3) is 108. The highest BCUT2D eigenvalue weighted by Crippen LogP contribution is 2.19. The Kier molecular flexibility index (Phi) is 201. The lowest BCUT2D eigenvalue weighted by Crippen LogP contribution is -0.641. The smallest absolute Gasteiger partial charge is 0.0713 e. The van der Waals surface area contributed by atoms with Crippen LogP contribution in [0.4, 0.5) is 14.1 Å². The number of hydrogen-bond acceptors (Lipinski definition) is 0. The average molecular weight is 163 g/mol. The minimum Gasteiger partial charge on any atom is -0.269 e. The Balaban J connectivity index is -0.00000000667. The van der Waals surface area contributed by atoms with Gasteiger partial charge in [0, 0.05) is 0 Å². The zero-order valence-corrected chi connectivity index (χ0v) is 4.99. The van der Waals surface area contributed by atoms with Gasteiger partial charge >= 0.3 is 0 Å². The summed E-state index contributed by atoms with van der Waals surface area (Å²) in [5, 5.41) is 0. The van der Waals surface area contributed by atoms with Crippen LogP contribution in [0.3, 0.4) is 0 Å². The molecule has 0 atom stereocenters. The molecule has 6 heteroatoms. The summed E-state index contributed by atoms with van der Waals surface area (Å²) in [6.45, 7) is 0. The first-order valence-electron chi connectivity index (χ1n) is 0.378. The molecule has 0 bridgehead atoms. The van der Waals surface area contributed by atoms with Crippen molar-refractivity contribution >= 4 is 29.8 Å². The van der Waals surface area contributed by atoms with Crippen molar-refractivity contribution in [2.24, 2.45) is 0 Å². The Morgan fingerprint density at radius 3 is 0.833 bits per heavy atom. The van der Waals surface area contributed by atoms with Crippen molar-refractivity contribution in [1.29, 1.82) is 0 Å². The van der Waals surface area contributed by atoms with Crippen LogP contribution in [0.1, 0.15) is 0 Å². The van der Waals surface area contributed by atoms with E-state index in [0.29, 0.717) is 0 Å². The molecule has 44 valence electrons. The van der Waals surface area contributed by atoms with Crippen LogP contribution >= 0.6 is 29.8 Å². The fourth-order valence-corrected chi connectivity index (χ4v) is 0. The molecule has 0 heterocycles. The Hall–Kier alpha value is 0.800. The fourth-order valence-electron chi connectivity index (χ4n) is 0. The van der Waals surface area contributed by atoms with Crippen molar-refractivity contribution in [1.82, 2.24) is 0 Å². The first kappa shape index (κ1) is 29.2. The molecule has 0 fully saturated rings. The average Bonchev–Trinajstić information content (AvgIpc) is 0.918. The van der Waals surface area contributed by atoms with Crippen LogP contribution in [0, 0.1) is 0 Å². The first-order chi connectivity index (χ1) is 1.41. The Morgan fingerprint density at radius 1 is 0.833 bits per heavy atom. The summed E-state index contributed by atoms with van der Waals surface area (Å²) in [6.07, 6.45) is 0. The van der Waals surface area contributed by atoms with Crippen molar-refractivity contribution in [3.63, 3.8) is 0 Å². The van der Waals surface area contributed by atoms with E-state index in [2.05, 4.69) is 0 Å². The Morgan fingerprint density at radius 2 is 0.833 bits per heavy atom. The van der Waals surface area contributed by atoms with Crippen molar-refractivity contribution in [3.8, 4) is 0 Å². The molecule has 0 unspecified atom stereocenters. The van der Waals surface area contributed by atoms with E-state index in [-0.39, 0.29) is 21.4 Å². The van der Waals surface area contributed by atoms with Crippen LogP contribution in [0.15, 0.2) is 0 Å². The lowest BCUT2D eigenvalue weighted by Gasteiger charge is -1.42. The lowest BCUT2D eigenvalue weighted by molar-refractivity contribution is 1.11. The Bertz CT molecular complexity index is 8.75. The van der Waals surface area contributed by atoms with E-state index in [1.54, 1.807) is 0 Å². The molecule has 0 rings (SSSR count). The highest BCUT2D eigenvalue weighted by atomic mass is 35.9. The van der Waals surface area contributed by atoms with Gasteiger partial charge in [-0.05, 0) is 0 Å². The number of hydrogen-bond donors (Lipinski definition) is 0. The number of halogens is 5. The molecule has 6 heavy (non-hydrogen) atoms. The van der Waals surface area contributed by atoms with Gasteiger partial charge in [0.15, 0.2) is 0 Å². The molecule has 0 aromatic rings. The van der Waals surface area contributed by atoms with Crippen LogP contribution in [0.2, 0.25) is 0 Å². The van der Waals surface area contributed by atoms with Gasteiger partial charge in [-0.1, -0.05) is 22.5 Å². The summed E-state index contributed by atoms with van der Waals surface area (Å²) in [4.78, 5) is 0. The highest BCUT2D eigenvalue weighted by molar-refractivity contribution is 7.90. The monoisotopic (exact) mass is 162 g/mol. The molecule has 0 saturated carbocycles. The van der Waals surface area contributed by atoms with Crippen LogP contribution < -0.4 is 0 Å². The summed E-state index contributed by atoms with van der Waals surface area (Å²) in [7, 11) is 0.0278. The van der Waals surface area contributed by atoms with Crippen LogP contribution in [0.5, 0.6) is 0 Å². The van der Waals surface area contributed by atoms with Gasteiger partial charge in [0.1, 0.15) is 0 Å². The first-order valence-corrected chi connectivity index (χ1v) is 3.40. The molecule has 0 aromatic carbocycles. The summed E-state index contributed by atoms with van der Waals surface area (Å²) in [5.74, 6) is 0. The van der Waals surface area contributed by atoms with Gasteiger partial charge in [0.25, 0.3) is 0 Å². The molecule has 0 spiro atoms. The van der Waals surface area contributed by atoms with E-state index in [4.69, 9.17) is 22.5 Å². The maximum Gasteiger partial charge on any atom is 0.0713 e. The normalized spacial score (nSPS) is 3.00. The van der Waals surface area contributed by atoms with Crippen LogP contribution in [0.25, 0.3) is 0 Å². The summed E-state index contributed by atoms with van der Waals surface area (Å²) >= 11 is 9.58. The van der Waals surface area contributed by atoms with Crippen molar-refractivity contribution in [2.75, 3.05) is 0 Å². The molecule has 0 aromatic heterocycles. The topological polar surface area (TPSA) is 0 Å². The molecular formula is H4Cl2F3P. The minimum atomic E-state index is 0. The van der Waals surface area contributed by atoms with Crippen molar-refractivity contribution in [3.05, 3.63) is 0 Å². The molecule has 0 radical (unpaired) electrons. The van der Waals surface area contributed by atoms with E-state index in [0.717, 1.165) is 0 Å². The van der Waals surface area contributed by atoms with Gasteiger partial charge in [-0.15, -0.1) is 0 Å². The van der Waals surface area contributed by atoms with E-state index in [1.165, 1.54) is 0 Å². The SMILES string of the molecule is ClPCl.F.F.F. The zero-order chi connectivity index (χ0) is 2.71. The second kappa shape index (κ2) is 41.2. The van der Waals surface area contributed by atoms with Crippen molar-refractivity contribution < 1.29 is 14.1 Å². The van der Waals surface area contributed by atoms with Crippen LogP contribution in [-0.2, 0) is 0 Å². The second-order valence-corrected chi connectivity index (χ2v) is 1.93. The van der Waals surface area contributed by atoms with Gasteiger partial charge < -0.3 is 0 Å².